The Morgan fingerprint density at radius 1 is 1.35 bits per heavy atom. The van der Waals surface area contributed by atoms with Crippen LogP contribution in [0.15, 0.2) is 0 Å². The largest absolute Gasteiger partial charge is 0.369 e. The Morgan fingerprint density at radius 3 is 2.53 bits per heavy atom. The van der Waals surface area contributed by atoms with Gasteiger partial charge in [0.25, 0.3) is 0 Å². The molecule has 1 aliphatic carbocycles. The van der Waals surface area contributed by atoms with Crippen LogP contribution in [0.5, 0.6) is 0 Å². The van der Waals surface area contributed by atoms with E-state index < -0.39 is 5.97 Å². The van der Waals surface area contributed by atoms with Gasteiger partial charge in [0.15, 0.2) is 0 Å². The fraction of sp³-hybridized carbons (Fsp3) is 0.800. The molecule has 0 bridgehead atoms. The molecular weight excluding hydrogens is 224 g/mol. The highest BCUT2D eigenvalue weighted by molar-refractivity contribution is 5.76. The highest BCUT2D eigenvalue weighted by Crippen LogP contribution is 2.23. The number of nitrogens with two attached hydrogens (primary N) is 2. The fourth-order valence-electron chi connectivity index (χ4n) is 2.21. The van der Waals surface area contributed by atoms with Crippen molar-refractivity contribution in [2.45, 2.75) is 38.1 Å². The summed E-state index contributed by atoms with van der Waals surface area (Å²) in [5, 5.41) is 0. The van der Waals surface area contributed by atoms with Crippen molar-refractivity contribution in [1.29, 1.82) is 0 Å². The van der Waals surface area contributed by atoms with E-state index in [9.17, 15) is 9.59 Å². The number of carbonyl (C=O) groups is 2. The van der Waals surface area contributed by atoms with Crippen molar-refractivity contribution < 1.29 is 14.4 Å². The summed E-state index contributed by atoms with van der Waals surface area (Å²) in [5.41, 5.74) is 7.04. The molecule has 0 spiro atoms. The first-order valence-corrected chi connectivity index (χ1v) is 5.81. The van der Waals surface area contributed by atoms with Gasteiger partial charge in [-0.2, -0.15) is 0 Å². The number of hydrazine groups is 1. The molecule has 0 saturated heterocycles. The number of nitrogens with one attached hydrogen (secondary N) is 1. The maximum Gasteiger partial charge on any atom is 0.327 e. The average molecular weight is 244 g/mol. The zero-order valence-electron chi connectivity index (χ0n) is 9.85. The minimum Gasteiger partial charge on any atom is -0.369 e. The number of hydrogen-bond acceptors (Lipinski definition) is 6. The molecule has 1 amide bonds. The summed E-state index contributed by atoms with van der Waals surface area (Å²) in [7, 11) is 0. The van der Waals surface area contributed by atoms with E-state index in [0.717, 1.165) is 25.7 Å². The maximum absolute atomic E-state index is 11.1. The van der Waals surface area contributed by atoms with E-state index in [-0.39, 0.29) is 18.9 Å². The van der Waals surface area contributed by atoms with E-state index in [2.05, 4.69) is 4.84 Å². The number of nitrogens with zero attached hydrogens (tertiary/aromatic N) is 1. The maximum atomic E-state index is 11.1. The van der Waals surface area contributed by atoms with Gasteiger partial charge in [0, 0.05) is 12.6 Å². The monoisotopic (exact) mass is 244 g/mol. The van der Waals surface area contributed by atoms with Crippen LogP contribution >= 0.6 is 0 Å². The van der Waals surface area contributed by atoms with E-state index in [1.807, 2.05) is 10.5 Å². The number of rotatable bonds is 7. The van der Waals surface area contributed by atoms with Crippen molar-refractivity contribution in [1.82, 2.24) is 10.5 Å². The standard InChI is InChI=1S/C10H20N4O3/c11-9(15)7-14(8-3-1-2-4-8)6-5-10(16)17-13-12/h8,13H,1-7,12H2,(H2,11,15). The van der Waals surface area contributed by atoms with Crippen molar-refractivity contribution in [3.8, 4) is 0 Å². The Bertz CT molecular complexity index is 266. The van der Waals surface area contributed by atoms with Crippen LogP contribution in [0.25, 0.3) is 0 Å². The predicted octanol–water partition coefficient (Wildman–Crippen LogP) is -0.972. The van der Waals surface area contributed by atoms with Crippen molar-refractivity contribution in [3.63, 3.8) is 0 Å². The molecule has 5 N–H and O–H groups in total. The number of hydrogen-bond donors (Lipinski definition) is 3. The normalized spacial score (nSPS) is 16.4. The summed E-state index contributed by atoms with van der Waals surface area (Å²) in [6.45, 7) is 0.655. The van der Waals surface area contributed by atoms with Gasteiger partial charge in [0.1, 0.15) is 0 Å². The lowest BCUT2D eigenvalue weighted by molar-refractivity contribution is -0.152. The Kier molecular flexibility index (Phi) is 5.88. The van der Waals surface area contributed by atoms with Crippen LogP contribution in [0.3, 0.4) is 0 Å². The van der Waals surface area contributed by atoms with Crippen LogP contribution in [0, 0.1) is 0 Å². The van der Waals surface area contributed by atoms with E-state index in [1.165, 1.54) is 0 Å². The van der Waals surface area contributed by atoms with E-state index in [0.29, 0.717) is 12.6 Å². The Morgan fingerprint density at radius 2 is 2.00 bits per heavy atom. The van der Waals surface area contributed by atoms with Gasteiger partial charge in [-0.3, -0.25) is 14.5 Å². The first-order valence-electron chi connectivity index (χ1n) is 5.81. The summed E-state index contributed by atoms with van der Waals surface area (Å²) in [5.74, 6) is 4.04. The van der Waals surface area contributed by atoms with Crippen LogP contribution in [0.4, 0.5) is 0 Å². The summed E-state index contributed by atoms with van der Waals surface area (Å²) in [4.78, 5) is 28.5. The summed E-state index contributed by atoms with van der Waals surface area (Å²) >= 11 is 0. The molecule has 98 valence electrons. The second-order valence-corrected chi connectivity index (χ2v) is 4.22. The Balaban J connectivity index is 2.39. The van der Waals surface area contributed by atoms with Crippen molar-refractivity contribution in [2.75, 3.05) is 13.1 Å². The highest BCUT2D eigenvalue weighted by Gasteiger charge is 2.24. The lowest BCUT2D eigenvalue weighted by atomic mass is 10.2. The summed E-state index contributed by atoms with van der Waals surface area (Å²) in [6.07, 6.45) is 4.62. The van der Waals surface area contributed by atoms with E-state index >= 15 is 0 Å². The molecule has 0 aliphatic heterocycles. The minimum absolute atomic E-state index is 0.188. The van der Waals surface area contributed by atoms with Crippen LogP contribution in [-0.4, -0.2) is 35.9 Å². The topological polar surface area (TPSA) is 111 Å². The molecule has 7 heteroatoms. The molecule has 0 atom stereocenters. The van der Waals surface area contributed by atoms with Gasteiger partial charge in [-0.15, -0.1) is 0 Å². The number of primary amides is 1. The molecule has 0 aromatic rings. The molecule has 1 rings (SSSR count). The lowest BCUT2D eigenvalue weighted by Gasteiger charge is -2.26. The van der Waals surface area contributed by atoms with Gasteiger partial charge < -0.3 is 10.6 Å². The zero-order chi connectivity index (χ0) is 12.7. The van der Waals surface area contributed by atoms with Gasteiger partial charge in [-0.25, -0.2) is 5.84 Å². The molecular formula is C10H20N4O3. The van der Waals surface area contributed by atoms with Gasteiger partial charge >= 0.3 is 5.97 Å². The number of amides is 1. The van der Waals surface area contributed by atoms with Crippen LogP contribution in [0.1, 0.15) is 32.1 Å². The van der Waals surface area contributed by atoms with Crippen molar-refractivity contribution >= 4 is 11.9 Å². The van der Waals surface area contributed by atoms with E-state index in [1.54, 1.807) is 0 Å². The fourth-order valence-corrected chi connectivity index (χ4v) is 2.21. The Labute approximate surface area is 100 Å². The molecule has 1 saturated carbocycles. The molecule has 0 radical (unpaired) electrons. The van der Waals surface area contributed by atoms with E-state index in [4.69, 9.17) is 11.6 Å². The van der Waals surface area contributed by atoms with Crippen LogP contribution in [-0.2, 0) is 14.4 Å². The van der Waals surface area contributed by atoms with Crippen LogP contribution < -0.4 is 17.2 Å². The molecule has 0 aromatic carbocycles. The zero-order valence-corrected chi connectivity index (χ0v) is 9.85. The minimum atomic E-state index is -0.444. The SMILES string of the molecule is NNOC(=O)CCN(CC(N)=O)C1CCCC1. The quantitative estimate of drug-likeness (QED) is 0.392. The van der Waals surface area contributed by atoms with Gasteiger partial charge in [-0.1, -0.05) is 18.4 Å². The second kappa shape index (κ2) is 7.21. The first-order chi connectivity index (χ1) is 8.13. The summed E-state index contributed by atoms with van der Waals surface area (Å²) in [6, 6.07) is 0.348. The predicted molar refractivity (Wildman–Crippen MR) is 61.1 cm³/mol. The summed E-state index contributed by atoms with van der Waals surface area (Å²) < 4.78 is 0. The first kappa shape index (κ1) is 13.9. The third kappa shape index (κ3) is 5.12. The van der Waals surface area contributed by atoms with Crippen molar-refractivity contribution in [3.05, 3.63) is 0 Å². The smallest absolute Gasteiger partial charge is 0.327 e. The van der Waals surface area contributed by atoms with Crippen molar-refractivity contribution in [2.24, 2.45) is 11.6 Å². The Hall–Kier alpha value is -1.18. The second-order valence-electron chi connectivity index (χ2n) is 4.22. The molecule has 0 aromatic heterocycles. The molecule has 0 heterocycles. The number of carbonyl (C=O) groups excluding carboxylic acids is 2. The molecule has 1 aliphatic rings. The average Bonchev–Trinajstić information content (AvgIpc) is 2.77. The third-order valence-corrected chi connectivity index (χ3v) is 2.98. The van der Waals surface area contributed by atoms with Gasteiger partial charge in [0.05, 0.1) is 13.0 Å². The van der Waals surface area contributed by atoms with Gasteiger partial charge in [0.2, 0.25) is 5.91 Å². The molecule has 17 heavy (non-hydrogen) atoms. The van der Waals surface area contributed by atoms with Gasteiger partial charge in [-0.05, 0) is 12.8 Å². The van der Waals surface area contributed by atoms with Crippen LogP contribution in [0.2, 0.25) is 0 Å². The third-order valence-electron chi connectivity index (χ3n) is 2.98. The molecule has 0 unspecified atom stereocenters. The highest BCUT2D eigenvalue weighted by atomic mass is 16.7. The lowest BCUT2D eigenvalue weighted by Crippen LogP contribution is -2.41. The molecule has 1 fully saturated rings. The molecule has 7 nitrogen and oxygen atoms in total.